The molecule has 0 unspecified atom stereocenters. The highest BCUT2D eigenvalue weighted by molar-refractivity contribution is 7.16. The third kappa shape index (κ3) is 5.39. The van der Waals surface area contributed by atoms with E-state index in [4.69, 9.17) is 0 Å². The van der Waals surface area contributed by atoms with Gasteiger partial charge in [0.25, 0.3) is 0 Å². The van der Waals surface area contributed by atoms with Crippen LogP contribution in [0.15, 0.2) is 17.5 Å². The Morgan fingerprint density at radius 1 is 1.30 bits per heavy atom. The molecular weight excluding hydrogens is 378 g/mol. The van der Waals surface area contributed by atoms with E-state index in [0.29, 0.717) is 26.1 Å². The zero-order valence-electron chi connectivity index (χ0n) is 16.0. The molecule has 3 heterocycles. The standard InChI is InChI=1S/C20H27N3O2S2/c1-3-4-19(24)23-11-8-15(9-12-23)20(25)21-10-7-16-5-6-18(27-16)17-13-26-14(2)22-17/h5-6,13,15H,3-4,7-12H2,1-2H3,(H,21,25). The number of thiophene rings is 1. The maximum atomic E-state index is 12.4. The van der Waals surface area contributed by atoms with Crippen LogP contribution in [0.25, 0.3) is 10.6 Å². The number of carbonyl (C=O) groups is 2. The van der Waals surface area contributed by atoms with Gasteiger partial charge in [-0.15, -0.1) is 22.7 Å². The average molecular weight is 406 g/mol. The van der Waals surface area contributed by atoms with Crippen LogP contribution in [0.2, 0.25) is 0 Å². The summed E-state index contributed by atoms with van der Waals surface area (Å²) in [6.07, 6.45) is 3.88. The Balaban J connectivity index is 1.40. The molecule has 0 aliphatic carbocycles. The van der Waals surface area contributed by atoms with Crippen LogP contribution < -0.4 is 5.32 Å². The van der Waals surface area contributed by atoms with Crippen LogP contribution in [0, 0.1) is 12.8 Å². The van der Waals surface area contributed by atoms with E-state index in [1.165, 1.54) is 9.75 Å². The molecule has 0 saturated carbocycles. The summed E-state index contributed by atoms with van der Waals surface area (Å²) in [5.41, 5.74) is 1.04. The van der Waals surface area contributed by atoms with Crippen molar-refractivity contribution < 1.29 is 9.59 Å². The van der Waals surface area contributed by atoms with Gasteiger partial charge in [0.1, 0.15) is 0 Å². The summed E-state index contributed by atoms with van der Waals surface area (Å²) in [4.78, 5) is 33.2. The van der Waals surface area contributed by atoms with Crippen LogP contribution in [0.5, 0.6) is 0 Å². The molecule has 27 heavy (non-hydrogen) atoms. The number of hydrogen-bond acceptors (Lipinski definition) is 5. The van der Waals surface area contributed by atoms with E-state index in [2.05, 4.69) is 27.8 Å². The zero-order valence-corrected chi connectivity index (χ0v) is 17.6. The Morgan fingerprint density at radius 3 is 2.74 bits per heavy atom. The predicted molar refractivity (Wildman–Crippen MR) is 111 cm³/mol. The number of aryl methyl sites for hydroxylation is 1. The minimum Gasteiger partial charge on any atom is -0.355 e. The lowest BCUT2D eigenvalue weighted by atomic mass is 9.95. The molecule has 0 spiro atoms. The van der Waals surface area contributed by atoms with E-state index in [-0.39, 0.29) is 17.7 Å². The van der Waals surface area contributed by atoms with Crippen LogP contribution >= 0.6 is 22.7 Å². The molecule has 1 N–H and O–H groups in total. The molecule has 2 amide bonds. The second-order valence-corrected chi connectivity index (χ2v) is 9.19. The third-order valence-electron chi connectivity index (χ3n) is 4.89. The van der Waals surface area contributed by atoms with Gasteiger partial charge in [0.05, 0.1) is 15.6 Å². The van der Waals surface area contributed by atoms with E-state index in [9.17, 15) is 9.59 Å². The van der Waals surface area contributed by atoms with Gasteiger partial charge in [-0.05, 0) is 44.7 Å². The number of likely N-dealkylation sites (tertiary alicyclic amines) is 1. The summed E-state index contributed by atoms with van der Waals surface area (Å²) in [6, 6.07) is 4.23. The van der Waals surface area contributed by atoms with E-state index in [1.54, 1.807) is 22.7 Å². The second-order valence-electron chi connectivity index (χ2n) is 6.96. The first-order chi connectivity index (χ1) is 13.1. The van der Waals surface area contributed by atoms with Gasteiger partial charge in [-0.3, -0.25) is 9.59 Å². The fourth-order valence-electron chi connectivity index (χ4n) is 3.34. The van der Waals surface area contributed by atoms with Crippen molar-refractivity contribution in [2.75, 3.05) is 19.6 Å². The summed E-state index contributed by atoms with van der Waals surface area (Å²) in [5, 5.41) is 6.24. The molecule has 1 aliphatic rings. The summed E-state index contributed by atoms with van der Waals surface area (Å²) >= 11 is 3.41. The van der Waals surface area contributed by atoms with Gasteiger partial charge in [0.15, 0.2) is 0 Å². The zero-order chi connectivity index (χ0) is 19.2. The summed E-state index contributed by atoms with van der Waals surface area (Å²) in [6.45, 7) is 6.11. The Morgan fingerprint density at radius 2 is 2.07 bits per heavy atom. The smallest absolute Gasteiger partial charge is 0.223 e. The maximum absolute atomic E-state index is 12.4. The molecule has 0 atom stereocenters. The monoisotopic (exact) mass is 405 g/mol. The lowest BCUT2D eigenvalue weighted by Gasteiger charge is -2.31. The third-order valence-corrected chi connectivity index (χ3v) is 6.83. The molecule has 2 aromatic heterocycles. The number of carbonyl (C=O) groups excluding carboxylic acids is 2. The Hall–Kier alpha value is -1.73. The maximum Gasteiger partial charge on any atom is 0.223 e. The molecule has 3 rings (SSSR count). The van der Waals surface area contributed by atoms with Gasteiger partial charge in [0, 0.05) is 42.2 Å². The Labute approximate surface area is 168 Å². The lowest BCUT2D eigenvalue weighted by Crippen LogP contribution is -2.43. The topological polar surface area (TPSA) is 62.3 Å². The average Bonchev–Trinajstić information content (AvgIpc) is 3.31. The van der Waals surface area contributed by atoms with Crippen molar-refractivity contribution in [1.82, 2.24) is 15.2 Å². The molecule has 146 valence electrons. The first-order valence-electron chi connectivity index (χ1n) is 9.63. The van der Waals surface area contributed by atoms with Gasteiger partial charge in [-0.2, -0.15) is 0 Å². The normalized spacial score (nSPS) is 15.1. The van der Waals surface area contributed by atoms with Crippen LogP contribution in [-0.2, 0) is 16.0 Å². The molecule has 1 saturated heterocycles. The minimum atomic E-state index is 0.0348. The first-order valence-corrected chi connectivity index (χ1v) is 11.3. The number of nitrogens with zero attached hydrogens (tertiary/aromatic N) is 2. The molecule has 2 aromatic rings. The SMILES string of the molecule is CCCC(=O)N1CCC(C(=O)NCCc2ccc(-c3csc(C)n3)s2)CC1. The number of amides is 2. The van der Waals surface area contributed by atoms with E-state index in [0.717, 1.165) is 36.4 Å². The van der Waals surface area contributed by atoms with Crippen LogP contribution in [0.3, 0.4) is 0 Å². The molecule has 0 radical (unpaired) electrons. The van der Waals surface area contributed by atoms with Crippen molar-refractivity contribution in [1.29, 1.82) is 0 Å². The first kappa shape index (κ1) is 20.0. The number of nitrogens with one attached hydrogen (secondary N) is 1. The minimum absolute atomic E-state index is 0.0348. The highest BCUT2D eigenvalue weighted by Crippen LogP contribution is 2.29. The number of aromatic nitrogens is 1. The number of rotatable bonds is 7. The lowest BCUT2D eigenvalue weighted by molar-refractivity contribution is -0.135. The van der Waals surface area contributed by atoms with Crippen molar-refractivity contribution in [2.45, 2.75) is 46.0 Å². The van der Waals surface area contributed by atoms with Gasteiger partial charge in [-0.1, -0.05) is 6.92 Å². The van der Waals surface area contributed by atoms with E-state index in [1.807, 2.05) is 18.7 Å². The second kappa shape index (κ2) is 9.46. The fourth-order valence-corrected chi connectivity index (χ4v) is 5.00. The van der Waals surface area contributed by atoms with Crippen LogP contribution in [0.4, 0.5) is 0 Å². The molecule has 7 heteroatoms. The molecular formula is C20H27N3O2S2. The number of piperidine rings is 1. The quantitative estimate of drug-likeness (QED) is 0.760. The number of thiazole rings is 1. The summed E-state index contributed by atoms with van der Waals surface area (Å²) < 4.78 is 0. The van der Waals surface area contributed by atoms with Crippen LogP contribution in [0.1, 0.15) is 42.5 Å². The van der Waals surface area contributed by atoms with Crippen molar-refractivity contribution in [3.8, 4) is 10.6 Å². The predicted octanol–water partition coefficient (Wildman–Crippen LogP) is 3.88. The van der Waals surface area contributed by atoms with Gasteiger partial charge in [-0.25, -0.2) is 4.98 Å². The fraction of sp³-hybridized carbons (Fsp3) is 0.550. The van der Waals surface area contributed by atoms with Crippen molar-refractivity contribution in [3.05, 3.63) is 27.4 Å². The highest BCUT2D eigenvalue weighted by atomic mass is 32.1. The van der Waals surface area contributed by atoms with Crippen LogP contribution in [-0.4, -0.2) is 41.3 Å². The van der Waals surface area contributed by atoms with Gasteiger partial charge >= 0.3 is 0 Å². The molecule has 1 fully saturated rings. The highest BCUT2D eigenvalue weighted by Gasteiger charge is 2.26. The van der Waals surface area contributed by atoms with Crippen molar-refractivity contribution in [2.24, 2.45) is 5.92 Å². The summed E-state index contributed by atoms with van der Waals surface area (Å²) in [7, 11) is 0. The van der Waals surface area contributed by atoms with Crippen molar-refractivity contribution in [3.63, 3.8) is 0 Å². The molecule has 5 nitrogen and oxygen atoms in total. The van der Waals surface area contributed by atoms with E-state index < -0.39 is 0 Å². The van der Waals surface area contributed by atoms with Crippen molar-refractivity contribution >= 4 is 34.5 Å². The largest absolute Gasteiger partial charge is 0.355 e. The van der Waals surface area contributed by atoms with E-state index >= 15 is 0 Å². The Kier molecular flexibility index (Phi) is 7.01. The molecule has 0 aromatic carbocycles. The van der Waals surface area contributed by atoms with Gasteiger partial charge in [0.2, 0.25) is 11.8 Å². The summed E-state index contributed by atoms with van der Waals surface area (Å²) in [5.74, 6) is 0.386. The number of hydrogen-bond donors (Lipinski definition) is 1. The Bertz CT molecular complexity index is 776. The van der Waals surface area contributed by atoms with Gasteiger partial charge < -0.3 is 10.2 Å². The molecule has 1 aliphatic heterocycles. The molecule has 0 bridgehead atoms.